The number of hydrogen-bond acceptors (Lipinski definition) is 3. The van der Waals surface area contributed by atoms with E-state index in [1.54, 1.807) is 0 Å². The summed E-state index contributed by atoms with van der Waals surface area (Å²) in [6, 6.07) is 8.86. The van der Waals surface area contributed by atoms with Gasteiger partial charge in [0.1, 0.15) is 5.82 Å². The first-order valence-corrected chi connectivity index (χ1v) is 10.7. The van der Waals surface area contributed by atoms with E-state index in [4.69, 9.17) is 12.2 Å². The molecule has 1 aliphatic heterocycles. The first kappa shape index (κ1) is 18.4. The monoisotopic (exact) mass is 383 g/mol. The van der Waals surface area contributed by atoms with Crippen LogP contribution in [0, 0.1) is 5.92 Å². The summed E-state index contributed by atoms with van der Waals surface area (Å²) < 4.78 is 2.28. The number of nitrogens with zero attached hydrogens (tertiary/aromatic N) is 3. The SMILES string of the molecule is CC1CCCCC1NC(=S)Nc1ccc(-c2nnc3n2CCCCC3)cc1. The smallest absolute Gasteiger partial charge is 0.171 e. The number of nitrogens with one attached hydrogen (secondary N) is 2. The second-order valence-electron chi connectivity index (χ2n) is 7.95. The predicted molar refractivity (Wildman–Crippen MR) is 114 cm³/mol. The normalized spacial score (nSPS) is 22.6. The van der Waals surface area contributed by atoms with Crippen LogP contribution in [0.2, 0.25) is 0 Å². The Kier molecular flexibility index (Phi) is 5.72. The van der Waals surface area contributed by atoms with Gasteiger partial charge in [0.05, 0.1) is 0 Å². The summed E-state index contributed by atoms with van der Waals surface area (Å²) >= 11 is 5.53. The topological polar surface area (TPSA) is 54.8 Å². The van der Waals surface area contributed by atoms with Gasteiger partial charge in [0.2, 0.25) is 0 Å². The lowest BCUT2D eigenvalue weighted by Gasteiger charge is -2.30. The molecule has 2 N–H and O–H groups in total. The molecule has 5 nitrogen and oxygen atoms in total. The lowest BCUT2D eigenvalue weighted by atomic mass is 9.86. The summed E-state index contributed by atoms with van der Waals surface area (Å²) in [5, 5.41) is 16.4. The zero-order valence-corrected chi connectivity index (χ0v) is 16.9. The summed E-state index contributed by atoms with van der Waals surface area (Å²) in [5.74, 6) is 2.79. The van der Waals surface area contributed by atoms with Crippen LogP contribution in [-0.2, 0) is 13.0 Å². The molecule has 27 heavy (non-hydrogen) atoms. The number of aromatic nitrogens is 3. The van der Waals surface area contributed by atoms with Crippen LogP contribution in [0.1, 0.15) is 57.7 Å². The van der Waals surface area contributed by atoms with Crippen molar-refractivity contribution in [1.29, 1.82) is 0 Å². The van der Waals surface area contributed by atoms with E-state index in [0.717, 1.165) is 41.0 Å². The van der Waals surface area contributed by atoms with E-state index in [-0.39, 0.29) is 0 Å². The standard InChI is InChI=1S/C21H29N5S/c1-15-7-4-5-8-18(15)23-21(27)22-17-12-10-16(11-13-17)20-25-24-19-9-3-2-6-14-26(19)20/h10-13,15,18H,2-9,14H2,1H3,(H2,22,23,27). The van der Waals surface area contributed by atoms with E-state index in [0.29, 0.717) is 12.0 Å². The molecule has 1 aromatic heterocycles. The van der Waals surface area contributed by atoms with Gasteiger partial charge in [-0.25, -0.2) is 0 Å². The van der Waals surface area contributed by atoms with Crippen LogP contribution in [-0.4, -0.2) is 25.9 Å². The van der Waals surface area contributed by atoms with Crippen LogP contribution in [0.5, 0.6) is 0 Å². The minimum absolute atomic E-state index is 0.490. The Balaban J connectivity index is 1.40. The Morgan fingerprint density at radius 2 is 1.85 bits per heavy atom. The molecule has 2 unspecified atom stereocenters. The fourth-order valence-electron chi connectivity index (χ4n) is 4.27. The number of thiocarbonyl (C=S) groups is 1. The first-order valence-electron chi connectivity index (χ1n) is 10.3. The van der Waals surface area contributed by atoms with Crippen LogP contribution >= 0.6 is 12.2 Å². The maximum absolute atomic E-state index is 5.53. The fraction of sp³-hybridized carbons (Fsp3) is 0.571. The highest BCUT2D eigenvalue weighted by atomic mass is 32.1. The van der Waals surface area contributed by atoms with Gasteiger partial charge in [-0.2, -0.15) is 0 Å². The summed E-state index contributed by atoms with van der Waals surface area (Å²) in [5.41, 5.74) is 2.12. The van der Waals surface area contributed by atoms with E-state index >= 15 is 0 Å². The summed E-state index contributed by atoms with van der Waals surface area (Å²) in [6.07, 6.45) is 9.86. The van der Waals surface area contributed by atoms with Gasteiger partial charge in [-0.1, -0.05) is 26.2 Å². The number of fused-ring (bicyclic) bond motifs is 1. The lowest BCUT2D eigenvalue weighted by molar-refractivity contribution is 0.309. The van der Waals surface area contributed by atoms with Gasteiger partial charge in [-0.15, -0.1) is 10.2 Å². The molecule has 2 heterocycles. The Bertz CT molecular complexity index is 782. The third-order valence-electron chi connectivity index (χ3n) is 5.94. The van der Waals surface area contributed by atoms with E-state index < -0.39 is 0 Å². The van der Waals surface area contributed by atoms with Crippen molar-refractivity contribution in [3.63, 3.8) is 0 Å². The minimum atomic E-state index is 0.490. The Hall–Kier alpha value is -1.95. The number of hydrogen-bond donors (Lipinski definition) is 2. The van der Waals surface area contributed by atoms with Crippen molar-refractivity contribution in [1.82, 2.24) is 20.1 Å². The number of rotatable bonds is 3. The Morgan fingerprint density at radius 1 is 1.04 bits per heavy atom. The van der Waals surface area contributed by atoms with Crippen molar-refractivity contribution in [2.24, 2.45) is 5.92 Å². The molecule has 0 amide bonds. The second kappa shape index (κ2) is 8.38. The lowest BCUT2D eigenvalue weighted by Crippen LogP contribution is -2.43. The van der Waals surface area contributed by atoms with Crippen LogP contribution in [0.15, 0.2) is 24.3 Å². The second-order valence-corrected chi connectivity index (χ2v) is 8.35. The molecule has 1 aromatic carbocycles. The molecule has 144 valence electrons. The summed E-state index contributed by atoms with van der Waals surface area (Å²) in [6.45, 7) is 3.33. The Labute approximate surface area is 167 Å². The van der Waals surface area contributed by atoms with E-state index in [2.05, 4.69) is 56.6 Å². The first-order chi connectivity index (χ1) is 13.2. The molecular weight excluding hydrogens is 354 g/mol. The highest BCUT2D eigenvalue weighted by Gasteiger charge is 2.21. The summed E-state index contributed by atoms with van der Waals surface area (Å²) in [7, 11) is 0. The molecule has 1 saturated carbocycles. The highest BCUT2D eigenvalue weighted by molar-refractivity contribution is 7.80. The van der Waals surface area contributed by atoms with Gasteiger partial charge in [0.25, 0.3) is 0 Å². The maximum atomic E-state index is 5.53. The fourth-order valence-corrected chi connectivity index (χ4v) is 4.54. The maximum Gasteiger partial charge on any atom is 0.171 e. The minimum Gasteiger partial charge on any atom is -0.359 e. The molecule has 6 heteroatoms. The molecular formula is C21H29N5S. The molecule has 4 rings (SSSR count). The zero-order valence-electron chi connectivity index (χ0n) is 16.1. The van der Waals surface area contributed by atoms with Gasteiger partial charge >= 0.3 is 0 Å². The summed E-state index contributed by atoms with van der Waals surface area (Å²) in [4.78, 5) is 0. The van der Waals surface area contributed by atoms with Crippen LogP contribution < -0.4 is 10.6 Å². The molecule has 0 bridgehead atoms. The van der Waals surface area contributed by atoms with Gasteiger partial charge in [-0.3, -0.25) is 0 Å². The Morgan fingerprint density at radius 3 is 2.67 bits per heavy atom. The molecule has 2 aromatic rings. The van der Waals surface area contributed by atoms with Crippen molar-refractivity contribution < 1.29 is 0 Å². The molecule has 2 atom stereocenters. The van der Waals surface area contributed by atoms with Crippen molar-refractivity contribution in [2.75, 3.05) is 5.32 Å². The average molecular weight is 384 g/mol. The average Bonchev–Trinajstić information content (AvgIpc) is 2.92. The van der Waals surface area contributed by atoms with Gasteiger partial charge in [-0.05, 0) is 68.1 Å². The highest BCUT2D eigenvalue weighted by Crippen LogP contribution is 2.25. The molecule has 0 spiro atoms. The van der Waals surface area contributed by atoms with Gasteiger partial charge in [0, 0.05) is 30.3 Å². The molecule has 1 fully saturated rings. The molecule has 1 aliphatic carbocycles. The molecule has 0 radical (unpaired) electrons. The van der Waals surface area contributed by atoms with Crippen LogP contribution in [0.25, 0.3) is 11.4 Å². The van der Waals surface area contributed by atoms with Gasteiger partial charge in [0.15, 0.2) is 10.9 Å². The van der Waals surface area contributed by atoms with Crippen LogP contribution in [0.4, 0.5) is 5.69 Å². The number of benzene rings is 1. The van der Waals surface area contributed by atoms with E-state index in [1.165, 1.54) is 44.9 Å². The number of anilines is 1. The molecule has 2 aliphatic rings. The van der Waals surface area contributed by atoms with Crippen molar-refractivity contribution >= 4 is 23.0 Å². The van der Waals surface area contributed by atoms with Crippen molar-refractivity contribution in [3.8, 4) is 11.4 Å². The van der Waals surface area contributed by atoms with E-state index in [9.17, 15) is 0 Å². The number of aryl methyl sites for hydroxylation is 1. The largest absolute Gasteiger partial charge is 0.359 e. The third-order valence-corrected chi connectivity index (χ3v) is 6.16. The quantitative estimate of drug-likeness (QED) is 0.762. The van der Waals surface area contributed by atoms with E-state index in [1.807, 2.05) is 0 Å². The van der Waals surface area contributed by atoms with Gasteiger partial charge < -0.3 is 15.2 Å². The predicted octanol–water partition coefficient (Wildman–Crippen LogP) is 4.54. The van der Waals surface area contributed by atoms with Crippen molar-refractivity contribution in [2.45, 2.75) is 70.9 Å². The zero-order chi connectivity index (χ0) is 18.6. The van der Waals surface area contributed by atoms with Crippen LogP contribution in [0.3, 0.4) is 0 Å². The van der Waals surface area contributed by atoms with Crippen molar-refractivity contribution in [3.05, 3.63) is 30.1 Å². The molecule has 0 saturated heterocycles. The third kappa shape index (κ3) is 4.32.